The first-order chi connectivity index (χ1) is 13.5. The van der Waals surface area contributed by atoms with Crippen molar-refractivity contribution in [1.29, 1.82) is 0 Å². The van der Waals surface area contributed by atoms with Crippen LogP contribution in [0, 0.1) is 13.8 Å². The first kappa shape index (κ1) is 24.7. The molecule has 8 nitrogen and oxygen atoms in total. The second kappa shape index (κ2) is 12.3. The number of hydrogen-bond acceptors (Lipinski definition) is 4. The Bertz CT molecular complexity index is 834. The number of guanidine groups is 1. The second-order valence-corrected chi connectivity index (χ2v) is 6.38. The molecule has 1 amide bonds. The van der Waals surface area contributed by atoms with E-state index in [1.54, 1.807) is 25.3 Å². The Labute approximate surface area is 189 Å². The average molecular weight is 514 g/mol. The Morgan fingerprint density at radius 2 is 1.93 bits per heavy atom. The third kappa shape index (κ3) is 7.22. The molecule has 3 N–H and O–H groups in total. The summed E-state index contributed by atoms with van der Waals surface area (Å²) in [5, 5.41) is 13.8. The number of methoxy groups -OCH3 is 1. The molecule has 160 valence electrons. The predicted octanol–water partition coefficient (Wildman–Crippen LogP) is 2.15. The Morgan fingerprint density at radius 1 is 1.21 bits per heavy atom. The molecule has 2 rings (SSSR count). The molecule has 29 heavy (non-hydrogen) atoms. The highest BCUT2D eigenvalue weighted by Crippen LogP contribution is 2.13. The van der Waals surface area contributed by atoms with Crippen LogP contribution in [0.2, 0.25) is 0 Å². The van der Waals surface area contributed by atoms with E-state index in [4.69, 9.17) is 4.74 Å². The SMILES string of the molecule is CCNC(=NCc1c(C)nn(C)c1C)NCCNC(=O)c1cccc(OC)c1.I. The summed E-state index contributed by atoms with van der Waals surface area (Å²) in [4.78, 5) is 16.8. The molecular weight excluding hydrogens is 483 g/mol. The molecule has 0 fully saturated rings. The van der Waals surface area contributed by atoms with E-state index in [9.17, 15) is 4.79 Å². The van der Waals surface area contributed by atoms with Gasteiger partial charge in [0.2, 0.25) is 0 Å². The fraction of sp³-hybridized carbons (Fsp3) is 0.450. The van der Waals surface area contributed by atoms with E-state index in [2.05, 4.69) is 26.0 Å². The zero-order valence-corrected chi connectivity index (χ0v) is 20.0. The van der Waals surface area contributed by atoms with E-state index < -0.39 is 0 Å². The van der Waals surface area contributed by atoms with Crippen molar-refractivity contribution < 1.29 is 9.53 Å². The molecule has 0 aliphatic carbocycles. The smallest absolute Gasteiger partial charge is 0.251 e. The molecule has 0 atom stereocenters. The Balaban J connectivity index is 0.00000420. The number of nitrogens with zero attached hydrogens (tertiary/aromatic N) is 3. The van der Waals surface area contributed by atoms with E-state index >= 15 is 0 Å². The van der Waals surface area contributed by atoms with Crippen LogP contribution < -0.4 is 20.7 Å². The fourth-order valence-corrected chi connectivity index (χ4v) is 2.77. The number of amides is 1. The number of hydrogen-bond donors (Lipinski definition) is 3. The van der Waals surface area contributed by atoms with Gasteiger partial charge in [-0.2, -0.15) is 5.10 Å². The fourth-order valence-electron chi connectivity index (χ4n) is 2.77. The Kier molecular flexibility index (Phi) is 10.5. The van der Waals surface area contributed by atoms with Gasteiger partial charge >= 0.3 is 0 Å². The molecule has 0 spiro atoms. The van der Waals surface area contributed by atoms with E-state index in [1.807, 2.05) is 38.6 Å². The maximum Gasteiger partial charge on any atom is 0.251 e. The van der Waals surface area contributed by atoms with Gasteiger partial charge in [-0.3, -0.25) is 9.48 Å². The summed E-state index contributed by atoms with van der Waals surface area (Å²) in [7, 11) is 3.51. The molecule has 0 bridgehead atoms. The topological polar surface area (TPSA) is 92.6 Å². The number of halogens is 1. The highest BCUT2D eigenvalue weighted by molar-refractivity contribution is 14.0. The molecule has 1 aromatic heterocycles. The van der Waals surface area contributed by atoms with Crippen LogP contribution in [0.15, 0.2) is 29.3 Å². The average Bonchev–Trinajstić information content (AvgIpc) is 2.94. The number of aliphatic imine (C=N–C) groups is 1. The third-order valence-electron chi connectivity index (χ3n) is 4.43. The molecule has 1 heterocycles. The maximum atomic E-state index is 12.2. The zero-order chi connectivity index (χ0) is 20.5. The number of nitrogens with one attached hydrogen (secondary N) is 3. The van der Waals surface area contributed by atoms with Crippen LogP contribution in [-0.4, -0.2) is 48.4 Å². The van der Waals surface area contributed by atoms with Gasteiger partial charge in [0.05, 0.1) is 19.3 Å². The van der Waals surface area contributed by atoms with Crippen molar-refractivity contribution in [1.82, 2.24) is 25.7 Å². The van der Waals surface area contributed by atoms with E-state index in [-0.39, 0.29) is 29.9 Å². The van der Waals surface area contributed by atoms with Crippen molar-refractivity contribution in [2.45, 2.75) is 27.3 Å². The van der Waals surface area contributed by atoms with Gasteiger partial charge in [0.25, 0.3) is 5.91 Å². The van der Waals surface area contributed by atoms with Crippen molar-refractivity contribution in [3.8, 4) is 5.75 Å². The molecule has 0 unspecified atom stereocenters. The van der Waals surface area contributed by atoms with Crippen molar-refractivity contribution in [2.24, 2.45) is 12.0 Å². The molecule has 0 saturated carbocycles. The Hall–Kier alpha value is -2.30. The van der Waals surface area contributed by atoms with Crippen LogP contribution in [0.1, 0.15) is 34.2 Å². The largest absolute Gasteiger partial charge is 0.497 e. The third-order valence-corrected chi connectivity index (χ3v) is 4.43. The van der Waals surface area contributed by atoms with E-state index in [0.717, 1.165) is 23.5 Å². The van der Waals surface area contributed by atoms with Crippen LogP contribution in [0.3, 0.4) is 0 Å². The van der Waals surface area contributed by atoms with Gasteiger partial charge in [-0.25, -0.2) is 4.99 Å². The van der Waals surface area contributed by atoms with Crippen molar-refractivity contribution in [3.63, 3.8) is 0 Å². The standard InChI is InChI=1S/C20H30N6O2.HI/c1-6-21-20(24-13-18-14(2)25-26(4)15(18)3)23-11-10-22-19(27)16-8-7-9-17(12-16)28-5;/h7-9,12H,6,10-11,13H2,1-5H3,(H,22,27)(H2,21,23,24);1H. The minimum atomic E-state index is -0.135. The van der Waals surface area contributed by atoms with Gasteiger partial charge in [-0.1, -0.05) is 6.07 Å². The van der Waals surface area contributed by atoms with Gasteiger partial charge in [-0.15, -0.1) is 24.0 Å². The summed E-state index contributed by atoms with van der Waals surface area (Å²) >= 11 is 0. The van der Waals surface area contributed by atoms with Gasteiger partial charge < -0.3 is 20.7 Å². The monoisotopic (exact) mass is 514 g/mol. The highest BCUT2D eigenvalue weighted by Gasteiger charge is 2.09. The maximum absolute atomic E-state index is 12.2. The summed E-state index contributed by atoms with van der Waals surface area (Å²) in [5.74, 6) is 1.23. The number of carbonyl (C=O) groups is 1. The summed E-state index contributed by atoms with van der Waals surface area (Å²) < 4.78 is 7.02. The number of aryl methyl sites for hydroxylation is 2. The summed E-state index contributed by atoms with van der Waals surface area (Å²) in [6, 6.07) is 7.08. The summed E-state index contributed by atoms with van der Waals surface area (Å²) in [6.45, 7) is 8.40. The van der Waals surface area contributed by atoms with Gasteiger partial charge in [0.15, 0.2) is 5.96 Å². The van der Waals surface area contributed by atoms with E-state index in [1.165, 1.54) is 0 Å². The lowest BCUT2D eigenvalue weighted by atomic mass is 10.2. The predicted molar refractivity (Wildman–Crippen MR) is 126 cm³/mol. The quantitative estimate of drug-likeness (QED) is 0.217. The van der Waals surface area contributed by atoms with E-state index in [0.29, 0.717) is 36.9 Å². The number of ether oxygens (including phenoxy) is 1. The van der Waals surface area contributed by atoms with Crippen LogP contribution in [0.25, 0.3) is 0 Å². The first-order valence-electron chi connectivity index (χ1n) is 9.39. The van der Waals surface area contributed by atoms with Crippen LogP contribution >= 0.6 is 24.0 Å². The zero-order valence-electron chi connectivity index (χ0n) is 17.7. The number of benzene rings is 1. The van der Waals surface area contributed by atoms with Gasteiger partial charge in [-0.05, 0) is 39.0 Å². The van der Waals surface area contributed by atoms with Crippen molar-refractivity contribution >= 4 is 35.8 Å². The Morgan fingerprint density at radius 3 is 2.55 bits per heavy atom. The molecule has 0 radical (unpaired) electrons. The number of rotatable bonds is 8. The molecule has 0 saturated heterocycles. The molecule has 9 heteroatoms. The van der Waals surface area contributed by atoms with Crippen LogP contribution in [0.5, 0.6) is 5.75 Å². The van der Waals surface area contributed by atoms with Crippen molar-refractivity contribution in [2.75, 3.05) is 26.7 Å². The van der Waals surface area contributed by atoms with Crippen molar-refractivity contribution in [3.05, 3.63) is 46.8 Å². The molecule has 0 aliphatic heterocycles. The molecule has 2 aromatic rings. The number of aromatic nitrogens is 2. The molecular formula is C20H31IN6O2. The molecule has 1 aromatic carbocycles. The molecule has 0 aliphatic rings. The lowest BCUT2D eigenvalue weighted by molar-refractivity contribution is 0.0954. The highest BCUT2D eigenvalue weighted by atomic mass is 127. The minimum Gasteiger partial charge on any atom is -0.497 e. The minimum absolute atomic E-state index is 0. The van der Waals surface area contributed by atoms with Gasteiger partial charge in [0, 0.05) is 43.5 Å². The summed E-state index contributed by atoms with van der Waals surface area (Å²) in [6.07, 6.45) is 0. The first-order valence-corrected chi connectivity index (χ1v) is 9.39. The number of carbonyl (C=O) groups excluding carboxylic acids is 1. The second-order valence-electron chi connectivity index (χ2n) is 6.38. The normalized spacial score (nSPS) is 10.9. The summed E-state index contributed by atoms with van der Waals surface area (Å²) in [5.41, 5.74) is 3.81. The lowest BCUT2D eigenvalue weighted by Gasteiger charge is -2.12. The van der Waals surface area contributed by atoms with Crippen LogP contribution in [-0.2, 0) is 13.6 Å². The lowest BCUT2D eigenvalue weighted by Crippen LogP contribution is -2.41. The van der Waals surface area contributed by atoms with Crippen LogP contribution in [0.4, 0.5) is 0 Å². The van der Waals surface area contributed by atoms with Gasteiger partial charge in [0.1, 0.15) is 5.75 Å².